The molecule has 1 amide bonds. The van der Waals surface area contributed by atoms with Crippen LogP contribution in [-0.4, -0.2) is 79.4 Å². The van der Waals surface area contributed by atoms with E-state index in [-0.39, 0.29) is 16.9 Å². The molecule has 0 radical (unpaired) electrons. The zero-order valence-corrected chi connectivity index (χ0v) is 16.8. The molecule has 3 aliphatic rings. The number of carbonyl (C=O) groups is 1. The summed E-state index contributed by atoms with van der Waals surface area (Å²) in [7, 11) is -2.85. The maximum Gasteiger partial charge on any atom is 0.232 e. The molecule has 0 spiro atoms. The third-order valence-corrected chi connectivity index (χ3v) is 9.08. The zero-order chi connectivity index (χ0) is 17.7. The molecule has 5 nitrogen and oxygen atoms in total. The lowest BCUT2D eigenvalue weighted by atomic mass is 9.89. The van der Waals surface area contributed by atoms with Crippen LogP contribution in [0, 0.1) is 5.92 Å². The Morgan fingerprint density at radius 2 is 1.76 bits per heavy atom. The third kappa shape index (κ3) is 6.14. The summed E-state index contributed by atoms with van der Waals surface area (Å²) in [6, 6.07) is 0. The standard InChI is InChI=1S/C18H32N2O3S2/c21-18(14-24-17-7-12-25(22,23)15-17)20-9-4-8-19(10-11-20)13-16-5-2-1-3-6-16/h16-17H,1-15H2. The van der Waals surface area contributed by atoms with E-state index >= 15 is 0 Å². The molecule has 0 aromatic heterocycles. The topological polar surface area (TPSA) is 57.7 Å². The summed E-state index contributed by atoms with van der Waals surface area (Å²) < 4.78 is 23.0. The van der Waals surface area contributed by atoms with Gasteiger partial charge in [0.05, 0.1) is 17.3 Å². The molecule has 1 unspecified atom stereocenters. The van der Waals surface area contributed by atoms with Gasteiger partial charge in [0.1, 0.15) is 0 Å². The predicted octanol–water partition coefficient (Wildman–Crippen LogP) is 2.02. The van der Waals surface area contributed by atoms with E-state index < -0.39 is 9.84 Å². The summed E-state index contributed by atoms with van der Waals surface area (Å²) in [5.41, 5.74) is 0. The van der Waals surface area contributed by atoms with Gasteiger partial charge in [-0.1, -0.05) is 19.3 Å². The van der Waals surface area contributed by atoms with E-state index in [4.69, 9.17) is 0 Å². The number of nitrogens with zero attached hydrogens (tertiary/aromatic N) is 2. The van der Waals surface area contributed by atoms with Crippen molar-refractivity contribution in [3.63, 3.8) is 0 Å². The van der Waals surface area contributed by atoms with Crippen LogP contribution < -0.4 is 0 Å². The highest BCUT2D eigenvalue weighted by atomic mass is 32.2. The number of amides is 1. The second-order valence-corrected chi connectivity index (χ2v) is 11.4. The molecule has 25 heavy (non-hydrogen) atoms. The van der Waals surface area contributed by atoms with E-state index in [1.807, 2.05) is 4.90 Å². The molecular weight excluding hydrogens is 356 g/mol. The van der Waals surface area contributed by atoms with Crippen LogP contribution in [0.4, 0.5) is 0 Å². The molecule has 0 bridgehead atoms. The van der Waals surface area contributed by atoms with E-state index in [1.54, 1.807) is 11.8 Å². The van der Waals surface area contributed by atoms with E-state index in [9.17, 15) is 13.2 Å². The van der Waals surface area contributed by atoms with Crippen molar-refractivity contribution in [3.8, 4) is 0 Å². The minimum atomic E-state index is -2.85. The Morgan fingerprint density at radius 1 is 0.960 bits per heavy atom. The van der Waals surface area contributed by atoms with Crippen LogP contribution in [0.25, 0.3) is 0 Å². The number of sulfone groups is 1. The highest BCUT2D eigenvalue weighted by Gasteiger charge is 2.29. The van der Waals surface area contributed by atoms with Gasteiger partial charge in [-0.05, 0) is 38.1 Å². The second kappa shape index (κ2) is 9.09. The van der Waals surface area contributed by atoms with Crippen molar-refractivity contribution in [2.45, 2.75) is 50.2 Å². The van der Waals surface area contributed by atoms with Gasteiger partial charge >= 0.3 is 0 Å². The molecule has 1 aliphatic carbocycles. The van der Waals surface area contributed by atoms with Gasteiger partial charge in [0.25, 0.3) is 0 Å². The molecule has 0 N–H and O–H groups in total. The first-order valence-electron chi connectivity index (χ1n) is 9.84. The SMILES string of the molecule is O=C(CSC1CCS(=O)(=O)C1)N1CCCN(CC2CCCCC2)CC1. The molecular formula is C18H32N2O3S2. The van der Waals surface area contributed by atoms with E-state index in [1.165, 1.54) is 38.6 Å². The maximum atomic E-state index is 12.5. The first-order chi connectivity index (χ1) is 12.0. The zero-order valence-electron chi connectivity index (χ0n) is 15.2. The van der Waals surface area contributed by atoms with Gasteiger partial charge in [0, 0.05) is 31.4 Å². The lowest BCUT2D eigenvalue weighted by Gasteiger charge is -2.28. The van der Waals surface area contributed by atoms with Crippen LogP contribution in [0.2, 0.25) is 0 Å². The lowest BCUT2D eigenvalue weighted by Crippen LogP contribution is -2.37. The number of hydrogen-bond acceptors (Lipinski definition) is 5. The van der Waals surface area contributed by atoms with Gasteiger partial charge in [-0.2, -0.15) is 0 Å². The summed E-state index contributed by atoms with van der Waals surface area (Å²) in [6.45, 7) is 4.98. The van der Waals surface area contributed by atoms with E-state index in [0.717, 1.165) is 38.5 Å². The molecule has 2 aliphatic heterocycles. The average molecular weight is 389 g/mol. The monoisotopic (exact) mass is 388 g/mol. The largest absolute Gasteiger partial charge is 0.341 e. The third-order valence-electron chi connectivity index (χ3n) is 5.82. The second-order valence-electron chi connectivity index (χ2n) is 7.88. The van der Waals surface area contributed by atoms with Crippen LogP contribution >= 0.6 is 11.8 Å². The normalized spacial score (nSPS) is 28.8. The first-order valence-corrected chi connectivity index (χ1v) is 12.7. The van der Waals surface area contributed by atoms with Gasteiger partial charge in [0.2, 0.25) is 5.91 Å². The summed E-state index contributed by atoms with van der Waals surface area (Å²) in [6.07, 6.45) is 8.68. The minimum Gasteiger partial charge on any atom is -0.341 e. The number of hydrogen-bond donors (Lipinski definition) is 0. The summed E-state index contributed by atoms with van der Waals surface area (Å²) >= 11 is 1.54. The summed E-state index contributed by atoms with van der Waals surface area (Å²) in [5, 5.41) is 0.115. The number of rotatable bonds is 5. The van der Waals surface area contributed by atoms with Crippen LogP contribution in [0.3, 0.4) is 0 Å². The fraction of sp³-hybridized carbons (Fsp3) is 0.944. The van der Waals surface area contributed by atoms with Crippen molar-refractivity contribution in [3.05, 3.63) is 0 Å². The van der Waals surface area contributed by atoms with Crippen molar-refractivity contribution in [2.24, 2.45) is 5.92 Å². The molecule has 2 heterocycles. The smallest absolute Gasteiger partial charge is 0.232 e. The van der Waals surface area contributed by atoms with Gasteiger partial charge in [0.15, 0.2) is 9.84 Å². The molecule has 144 valence electrons. The quantitative estimate of drug-likeness (QED) is 0.721. The van der Waals surface area contributed by atoms with Gasteiger partial charge < -0.3 is 9.80 Å². The summed E-state index contributed by atoms with van der Waals surface area (Å²) in [5.74, 6) is 2.02. The van der Waals surface area contributed by atoms with Crippen LogP contribution in [0.1, 0.15) is 44.9 Å². The molecule has 7 heteroatoms. The highest BCUT2D eigenvalue weighted by molar-refractivity contribution is 8.02. The molecule has 2 saturated heterocycles. The van der Waals surface area contributed by atoms with E-state index in [2.05, 4.69) is 4.90 Å². The van der Waals surface area contributed by atoms with Crippen molar-refractivity contribution >= 4 is 27.5 Å². The predicted molar refractivity (Wildman–Crippen MR) is 104 cm³/mol. The van der Waals surface area contributed by atoms with E-state index in [0.29, 0.717) is 17.9 Å². The highest BCUT2D eigenvalue weighted by Crippen LogP contribution is 2.26. The summed E-state index contributed by atoms with van der Waals surface area (Å²) in [4.78, 5) is 17.1. The Balaban J connectivity index is 1.39. The molecule has 3 rings (SSSR count). The van der Waals surface area contributed by atoms with Crippen LogP contribution in [0.5, 0.6) is 0 Å². The van der Waals surface area contributed by atoms with Crippen molar-refractivity contribution < 1.29 is 13.2 Å². The fourth-order valence-electron chi connectivity index (χ4n) is 4.31. The maximum absolute atomic E-state index is 12.5. The molecule has 0 aromatic rings. The Hall–Kier alpha value is -0.270. The Kier molecular flexibility index (Phi) is 7.08. The fourth-order valence-corrected chi connectivity index (χ4v) is 7.86. The Bertz CT molecular complexity index is 547. The van der Waals surface area contributed by atoms with Gasteiger partial charge in [-0.3, -0.25) is 4.79 Å². The lowest BCUT2D eigenvalue weighted by molar-refractivity contribution is -0.128. The molecule has 0 aromatic carbocycles. The average Bonchev–Trinajstić information content (AvgIpc) is 2.80. The van der Waals surface area contributed by atoms with Gasteiger partial charge in [-0.15, -0.1) is 11.8 Å². The molecule has 1 atom stereocenters. The first kappa shape index (κ1) is 19.5. The number of thioether (sulfide) groups is 1. The number of carbonyl (C=O) groups excluding carboxylic acids is 1. The Labute approximate surface area is 156 Å². The minimum absolute atomic E-state index is 0.115. The van der Waals surface area contributed by atoms with Crippen molar-refractivity contribution in [2.75, 3.05) is 50.0 Å². The van der Waals surface area contributed by atoms with Crippen molar-refractivity contribution in [1.82, 2.24) is 9.80 Å². The molecule has 3 fully saturated rings. The Morgan fingerprint density at radius 3 is 2.48 bits per heavy atom. The van der Waals surface area contributed by atoms with Crippen LogP contribution in [0.15, 0.2) is 0 Å². The molecule has 1 saturated carbocycles. The van der Waals surface area contributed by atoms with Gasteiger partial charge in [-0.25, -0.2) is 8.42 Å². The van der Waals surface area contributed by atoms with Crippen LogP contribution in [-0.2, 0) is 14.6 Å². The van der Waals surface area contributed by atoms with Crippen molar-refractivity contribution in [1.29, 1.82) is 0 Å².